The van der Waals surface area contributed by atoms with Crippen molar-refractivity contribution in [3.8, 4) is 0 Å². The van der Waals surface area contributed by atoms with Crippen LogP contribution in [0.25, 0.3) is 0 Å². The molecule has 1 aliphatic rings. The number of nitrogens with one attached hydrogen (secondary N) is 2. The lowest BCUT2D eigenvalue weighted by molar-refractivity contribution is -0.152. The smallest absolute Gasteiger partial charge is 0.321 e. The van der Waals surface area contributed by atoms with Crippen molar-refractivity contribution in [1.82, 2.24) is 10.3 Å². The summed E-state index contributed by atoms with van der Waals surface area (Å²) in [5.74, 6) is -0.667. The molecule has 16 heavy (non-hydrogen) atoms. The zero-order chi connectivity index (χ0) is 11.6. The van der Waals surface area contributed by atoms with Crippen molar-refractivity contribution < 1.29 is 14.3 Å². The molecule has 1 aromatic rings. The van der Waals surface area contributed by atoms with Crippen LogP contribution in [0.2, 0.25) is 0 Å². The number of methoxy groups -OCH3 is 1. The molecule has 5 nitrogen and oxygen atoms in total. The summed E-state index contributed by atoms with van der Waals surface area (Å²) in [5, 5.41) is 2.74. The van der Waals surface area contributed by atoms with Crippen molar-refractivity contribution in [2.75, 3.05) is 7.11 Å². The fourth-order valence-corrected chi connectivity index (χ4v) is 1.66. The molecule has 1 heterocycles. The van der Waals surface area contributed by atoms with Crippen LogP contribution in [-0.2, 0) is 20.9 Å². The van der Waals surface area contributed by atoms with Crippen molar-refractivity contribution in [1.29, 1.82) is 0 Å². The summed E-state index contributed by atoms with van der Waals surface area (Å²) in [4.78, 5) is 26.1. The van der Waals surface area contributed by atoms with Crippen LogP contribution in [0, 0.1) is 5.41 Å². The number of aromatic amines is 1. The van der Waals surface area contributed by atoms with E-state index in [1.54, 1.807) is 12.4 Å². The number of ether oxygens (including phenoxy) is 1. The molecule has 0 aliphatic heterocycles. The molecule has 5 heteroatoms. The third kappa shape index (κ3) is 1.80. The van der Waals surface area contributed by atoms with Crippen molar-refractivity contribution in [2.24, 2.45) is 5.41 Å². The minimum absolute atomic E-state index is 0.236. The molecule has 1 aliphatic carbocycles. The van der Waals surface area contributed by atoms with Gasteiger partial charge in [0.05, 0.1) is 7.11 Å². The van der Waals surface area contributed by atoms with Gasteiger partial charge >= 0.3 is 5.97 Å². The van der Waals surface area contributed by atoms with Gasteiger partial charge in [-0.2, -0.15) is 0 Å². The first-order valence-electron chi connectivity index (χ1n) is 5.17. The van der Waals surface area contributed by atoms with E-state index in [9.17, 15) is 9.59 Å². The van der Waals surface area contributed by atoms with Crippen LogP contribution in [-0.4, -0.2) is 24.0 Å². The number of hydrogen-bond acceptors (Lipinski definition) is 3. The molecule has 0 atom stereocenters. The number of amides is 1. The number of hydrogen-bond donors (Lipinski definition) is 2. The van der Waals surface area contributed by atoms with Gasteiger partial charge in [0.15, 0.2) is 0 Å². The molecule has 1 fully saturated rings. The molecule has 0 bridgehead atoms. The van der Waals surface area contributed by atoms with Crippen LogP contribution in [0.3, 0.4) is 0 Å². The molecular weight excluding hydrogens is 208 g/mol. The van der Waals surface area contributed by atoms with Crippen LogP contribution in [0.4, 0.5) is 0 Å². The minimum atomic E-state index is -0.912. The molecule has 0 spiro atoms. The Morgan fingerprint density at radius 1 is 1.56 bits per heavy atom. The molecule has 0 unspecified atom stereocenters. The Bertz CT molecular complexity index is 393. The largest absolute Gasteiger partial charge is 0.468 e. The maximum Gasteiger partial charge on any atom is 0.321 e. The first-order valence-corrected chi connectivity index (χ1v) is 5.17. The standard InChI is InChI=1S/C11H14N2O3/c1-16-10(15)11(3-4-11)9(14)13-7-8-2-5-12-6-8/h2,5-6,12H,3-4,7H2,1H3,(H,13,14). The lowest BCUT2D eigenvalue weighted by Gasteiger charge is -2.12. The molecule has 2 N–H and O–H groups in total. The van der Waals surface area contributed by atoms with E-state index in [0.29, 0.717) is 19.4 Å². The minimum Gasteiger partial charge on any atom is -0.468 e. The van der Waals surface area contributed by atoms with Gasteiger partial charge in [-0.1, -0.05) is 0 Å². The predicted molar refractivity (Wildman–Crippen MR) is 56.3 cm³/mol. The summed E-state index contributed by atoms with van der Waals surface area (Å²) in [6.45, 7) is 0.432. The molecule has 2 rings (SSSR count). The molecular formula is C11H14N2O3. The van der Waals surface area contributed by atoms with Crippen LogP contribution in [0.5, 0.6) is 0 Å². The second kappa shape index (κ2) is 4.00. The van der Waals surface area contributed by atoms with E-state index in [4.69, 9.17) is 0 Å². The SMILES string of the molecule is COC(=O)C1(C(=O)NCc2cc[nH]c2)CC1. The third-order valence-corrected chi connectivity index (χ3v) is 2.88. The fourth-order valence-electron chi connectivity index (χ4n) is 1.66. The second-order valence-corrected chi connectivity index (χ2v) is 3.98. The number of rotatable bonds is 4. The Balaban J connectivity index is 1.91. The maximum absolute atomic E-state index is 11.8. The summed E-state index contributed by atoms with van der Waals surface area (Å²) < 4.78 is 4.63. The molecule has 0 radical (unpaired) electrons. The lowest BCUT2D eigenvalue weighted by atomic mass is 10.1. The van der Waals surface area contributed by atoms with Crippen molar-refractivity contribution in [2.45, 2.75) is 19.4 Å². The average Bonchev–Trinajstić information content (AvgIpc) is 2.95. The number of carbonyl (C=O) groups excluding carboxylic acids is 2. The number of H-pyrrole nitrogens is 1. The Morgan fingerprint density at radius 3 is 2.81 bits per heavy atom. The highest BCUT2D eigenvalue weighted by molar-refractivity contribution is 6.05. The average molecular weight is 222 g/mol. The molecule has 86 valence electrons. The maximum atomic E-state index is 11.8. The second-order valence-electron chi connectivity index (χ2n) is 3.98. The molecule has 1 amide bonds. The summed E-state index contributed by atoms with van der Waals surface area (Å²) in [6.07, 6.45) is 4.75. The quantitative estimate of drug-likeness (QED) is 0.578. The predicted octanol–water partition coefficient (Wildman–Crippen LogP) is 0.584. The van der Waals surface area contributed by atoms with E-state index in [1.807, 2.05) is 6.07 Å². The number of aromatic nitrogens is 1. The van der Waals surface area contributed by atoms with E-state index in [-0.39, 0.29) is 5.91 Å². The summed E-state index contributed by atoms with van der Waals surface area (Å²) in [7, 11) is 1.31. The van der Waals surface area contributed by atoms with E-state index in [0.717, 1.165) is 5.56 Å². The van der Waals surface area contributed by atoms with Crippen LogP contribution < -0.4 is 5.32 Å². The third-order valence-electron chi connectivity index (χ3n) is 2.88. The van der Waals surface area contributed by atoms with Gasteiger partial charge in [-0.25, -0.2) is 0 Å². The highest BCUT2D eigenvalue weighted by Crippen LogP contribution is 2.46. The normalized spacial score (nSPS) is 16.6. The van der Waals surface area contributed by atoms with E-state index in [1.165, 1.54) is 7.11 Å². The van der Waals surface area contributed by atoms with Gasteiger partial charge in [0.25, 0.3) is 0 Å². The Kier molecular flexibility index (Phi) is 2.68. The number of carbonyl (C=O) groups is 2. The Labute approximate surface area is 93.2 Å². The molecule has 0 saturated heterocycles. The summed E-state index contributed by atoms with van der Waals surface area (Å²) in [6, 6.07) is 1.87. The topological polar surface area (TPSA) is 71.2 Å². The highest BCUT2D eigenvalue weighted by atomic mass is 16.5. The zero-order valence-corrected chi connectivity index (χ0v) is 9.08. The fraction of sp³-hybridized carbons (Fsp3) is 0.455. The van der Waals surface area contributed by atoms with E-state index in [2.05, 4.69) is 15.0 Å². The number of esters is 1. The van der Waals surface area contributed by atoms with E-state index >= 15 is 0 Å². The van der Waals surface area contributed by atoms with Gasteiger partial charge in [0.2, 0.25) is 5.91 Å². The van der Waals surface area contributed by atoms with Gasteiger partial charge in [0, 0.05) is 18.9 Å². The summed E-state index contributed by atoms with van der Waals surface area (Å²) in [5.41, 5.74) is 0.0689. The van der Waals surface area contributed by atoms with Gasteiger partial charge in [0.1, 0.15) is 5.41 Å². The Hall–Kier alpha value is -1.78. The van der Waals surface area contributed by atoms with Crippen LogP contribution >= 0.6 is 0 Å². The molecule has 0 aromatic carbocycles. The summed E-state index contributed by atoms with van der Waals surface area (Å²) >= 11 is 0. The zero-order valence-electron chi connectivity index (χ0n) is 9.08. The van der Waals surface area contributed by atoms with E-state index < -0.39 is 11.4 Å². The van der Waals surface area contributed by atoms with Gasteiger partial charge in [-0.15, -0.1) is 0 Å². The first kappa shape index (κ1) is 10.7. The molecule has 1 aromatic heterocycles. The monoisotopic (exact) mass is 222 g/mol. The van der Waals surface area contributed by atoms with Crippen LogP contribution in [0.15, 0.2) is 18.5 Å². The van der Waals surface area contributed by atoms with Gasteiger partial charge < -0.3 is 15.0 Å². The van der Waals surface area contributed by atoms with Crippen molar-refractivity contribution >= 4 is 11.9 Å². The van der Waals surface area contributed by atoms with Crippen molar-refractivity contribution in [3.05, 3.63) is 24.0 Å². The highest BCUT2D eigenvalue weighted by Gasteiger charge is 2.57. The first-order chi connectivity index (χ1) is 7.69. The van der Waals surface area contributed by atoms with Gasteiger partial charge in [-0.3, -0.25) is 9.59 Å². The Morgan fingerprint density at radius 2 is 2.31 bits per heavy atom. The van der Waals surface area contributed by atoms with Crippen molar-refractivity contribution in [3.63, 3.8) is 0 Å². The van der Waals surface area contributed by atoms with Gasteiger partial charge in [-0.05, 0) is 24.5 Å². The lowest BCUT2D eigenvalue weighted by Crippen LogP contribution is -2.37. The van der Waals surface area contributed by atoms with Crippen LogP contribution in [0.1, 0.15) is 18.4 Å². The molecule has 1 saturated carbocycles.